The molecule has 2 heteroatoms. The lowest BCUT2D eigenvalue weighted by Gasteiger charge is -2.32. The van der Waals surface area contributed by atoms with Crippen molar-refractivity contribution in [3.05, 3.63) is 0 Å². The smallest absolute Gasteiger partial charge is 0.0578 e. The van der Waals surface area contributed by atoms with Crippen molar-refractivity contribution >= 4 is 0 Å². The number of rotatable bonds is 8. The van der Waals surface area contributed by atoms with Gasteiger partial charge in [0.15, 0.2) is 0 Å². The summed E-state index contributed by atoms with van der Waals surface area (Å²) in [4.78, 5) is 0. The molecule has 1 aliphatic carbocycles. The molecule has 0 heterocycles. The molecular weight excluding hydrogens is 222 g/mol. The maximum absolute atomic E-state index is 6.17. The third kappa shape index (κ3) is 6.19. The van der Waals surface area contributed by atoms with E-state index in [0.717, 1.165) is 25.6 Å². The Kier molecular flexibility index (Phi) is 7.25. The summed E-state index contributed by atoms with van der Waals surface area (Å²) in [5.41, 5.74) is 0.258. The van der Waals surface area contributed by atoms with Crippen LogP contribution >= 0.6 is 0 Å². The Morgan fingerprint density at radius 2 is 2.00 bits per heavy atom. The van der Waals surface area contributed by atoms with E-state index in [1.54, 1.807) is 0 Å². The van der Waals surface area contributed by atoms with E-state index in [1.165, 1.54) is 38.5 Å². The van der Waals surface area contributed by atoms with Gasteiger partial charge in [0.25, 0.3) is 0 Å². The van der Waals surface area contributed by atoms with E-state index in [-0.39, 0.29) is 5.41 Å². The highest BCUT2D eigenvalue weighted by atomic mass is 16.5. The molecule has 0 amide bonds. The minimum absolute atomic E-state index is 0.258. The Morgan fingerprint density at radius 3 is 2.67 bits per heavy atom. The average molecular weight is 255 g/mol. The van der Waals surface area contributed by atoms with Gasteiger partial charge in [-0.2, -0.15) is 0 Å². The summed E-state index contributed by atoms with van der Waals surface area (Å²) in [5, 5.41) is 3.50. The highest BCUT2D eigenvalue weighted by molar-refractivity contribution is 4.76. The van der Waals surface area contributed by atoms with Crippen LogP contribution in [0.25, 0.3) is 0 Å². The lowest BCUT2D eigenvalue weighted by Crippen LogP contribution is -2.36. The van der Waals surface area contributed by atoms with E-state index in [1.807, 2.05) is 0 Å². The van der Waals surface area contributed by atoms with Crippen LogP contribution < -0.4 is 5.32 Å². The number of ether oxygens (including phenoxy) is 1. The van der Waals surface area contributed by atoms with Crippen molar-refractivity contribution in [2.24, 2.45) is 11.3 Å². The molecule has 1 rings (SSSR count). The molecule has 1 aliphatic rings. The quantitative estimate of drug-likeness (QED) is 0.662. The van der Waals surface area contributed by atoms with Crippen molar-refractivity contribution in [2.75, 3.05) is 19.7 Å². The molecule has 0 aromatic carbocycles. The summed E-state index contributed by atoms with van der Waals surface area (Å²) in [7, 11) is 0. The van der Waals surface area contributed by atoms with Gasteiger partial charge in [0.1, 0.15) is 0 Å². The standard InChI is InChI=1S/C16H33NO/c1-5-10-17-12-16(3,4)13-18-15-9-7-8-14(6-2)11-15/h14-15,17H,5-13H2,1-4H3. The topological polar surface area (TPSA) is 21.3 Å². The average Bonchev–Trinajstić information content (AvgIpc) is 2.37. The lowest BCUT2D eigenvalue weighted by molar-refractivity contribution is -0.0254. The maximum Gasteiger partial charge on any atom is 0.0578 e. The predicted molar refractivity (Wildman–Crippen MR) is 78.9 cm³/mol. The minimum atomic E-state index is 0.258. The number of hydrogen-bond acceptors (Lipinski definition) is 2. The number of nitrogens with one attached hydrogen (secondary N) is 1. The van der Waals surface area contributed by atoms with Gasteiger partial charge in [0, 0.05) is 12.0 Å². The van der Waals surface area contributed by atoms with Crippen LogP contribution in [0.1, 0.15) is 66.2 Å². The van der Waals surface area contributed by atoms with Gasteiger partial charge in [-0.05, 0) is 31.7 Å². The van der Waals surface area contributed by atoms with Crippen molar-refractivity contribution in [2.45, 2.75) is 72.3 Å². The van der Waals surface area contributed by atoms with Crippen LogP contribution in [0, 0.1) is 11.3 Å². The van der Waals surface area contributed by atoms with E-state index in [2.05, 4.69) is 33.0 Å². The minimum Gasteiger partial charge on any atom is -0.378 e. The van der Waals surface area contributed by atoms with E-state index < -0.39 is 0 Å². The molecule has 18 heavy (non-hydrogen) atoms. The Bertz CT molecular complexity index is 215. The van der Waals surface area contributed by atoms with Crippen molar-refractivity contribution in [1.29, 1.82) is 0 Å². The molecule has 1 fully saturated rings. The molecule has 0 radical (unpaired) electrons. The first-order valence-corrected chi connectivity index (χ1v) is 7.89. The van der Waals surface area contributed by atoms with Crippen LogP contribution in [-0.4, -0.2) is 25.8 Å². The number of hydrogen-bond donors (Lipinski definition) is 1. The fraction of sp³-hybridized carbons (Fsp3) is 1.00. The summed E-state index contributed by atoms with van der Waals surface area (Å²) >= 11 is 0. The first-order chi connectivity index (χ1) is 8.57. The summed E-state index contributed by atoms with van der Waals surface area (Å²) < 4.78 is 6.17. The zero-order valence-corrected chi connectivity index (χ0v) is 12.9. The molecule has 2 nitrogen and oxygen atoms in total. The first-order valence-electron chi connectivity index (χ1n) is 7.89. The van der Waals surface area contributed by atoms with Crippen LogP contribution in [0.5, 0.6) is 0 Å². The fourth-order valence-corrected chi connectivity index (χ4v) is 2.76. The third-order valence-corrected chi connectivity index (χ3v) is 4.05. The highest BCUT2D eigenvalue weighted by Gasteiger charge is 2.24. The second-order valence-electron chi connectivity index (χ2n) is 6.71. The molecule has 0 aromatic heterocycles. The molecule has 108 valence electrons. The van der Waals surface area contributed by atoms with Crippen molar-refractivity contribution in [1.82, 2.24) is 5.32 Å². The van der Waals surface area contributed by atoms with E-state index in [9.17, 15) is 0 Å². The van der Waals surface area contributed by atoms with Crippen LogP contribution in [0.15, 0.2) is 0 Å². The van der Waals surface area contributed by atoms with Crippen molar-refractivity contribution in [3.8, 4) is 0 Å². The monoisotopic (exact) mass is 255 g/mol. The van der Waals surface area contributed by atoms with Gasteiger partial charge in [-0.25, -0.2) is 0 Å². The zero-order valence-electron chi connectivity index (χ0n) is 12.9. The Hall–Kier alpha value is -0.0800. The van der Waals surface area contributed by atoms with Gasteiger partial charge in [-0.15, -0.1) is 0 Å². The molecule has 0 saturated heterocycles. The molecule has 1 N–H and O–H groups in total. The van der Waals surface area contributed by atoms with Gasteiger partial charge >= 0.3 is 0 Å². The van der Waals surface area contributed by atoms with Gasteiger partial charge < -0.3 is 10.1 Å². The highest BCUT2D eigenvalue weighted by Crippen LogP contribution is 2.29. The fourth-order valence-electron chi connectivity index (χ4n) is 2.76. The van der Waals surface area contributed by atoms with Crippen molar-refractivity contribution in [3.63, 3.8) is 0 Å². The van der Waals surface area contributed by atoms with E-state index in [4.69, 9.17) is 4.74 Å². The van der Waals surface area contributed by atoms with Crippen LogP contribution in [0.2, 0.25) is 0 Å². The predicted octanol–water partition coefficient (Wildman–Crippen LogP) is 4.00. The molecular formula is C16H33NO. The SMILES string of the molecule is CCCNCC(C)(C)COC1CCCC(CC)C1. The summed E-state index contributed by atoms with van der Waals surface area (Å²) in [6.07, 6.45) is 8.38. The van der Waals surface area contributed by atoms with E-state index in [0.29, 0.717) is 6.10 Å². The molecule has 0 spiro atoms. The molecule has 2 atom stereocenters. The zero-order chi connectivity index (χ0) is 13.4. The molecule has 0 aromatic rings. The normalized spacial score (nSPS) is 25.3. The Balaban J connectivity index is 2.21. The largest absolute Gasteiger partial charge is 0.378 e. The molecule has 1 saturated carbocycles. The maximum atomic E-state index is 6.17. The van der Waals surface area contributed by atoms with Crippen LogP contribution in [-0.2, 0) is 4.74 Å². The third-order valence-electron chi connectivity index (χ3n) is 4.05. The van der Waals surface area contributed by atoms with E-state index >= 15 is 0 Å². The van der Waals surface area contributed by atoms with Crippen molar-refractivity contribution < 1.29 is 4.74 Å². The molecule has 0 aliphatic heterocycles. The van der Waals surface area contributed by atoms with Gasteiger partial charge in [-0.3, -0.25) is 0 Å². The summed E-state index contributed by atoms with van der Waals surface area (Å²) in [6.45, 7) is 12.2. The lowest BCUT2D eigenvalue weighted by atomic mass is 9.85. The Morgan fingerprint density at radius 1 is 1.22 bits per heavy atom. The van der Waals surface area contributed by atoms with Gasteiger partial charge in [0.05, 0.1) is 12.7 Å². The Labute approximate surface area is 114 Å². The second kappa shape index (κ2) is 8.16. The second-order valence-corrected chi connectivity index (χ2v) is 6.71. The van der Waals surface area contributed by atoms with Gasteiger partial charge in [-0.1, -0.05) is 47.0 Å². The van der Waals surface area contributed by atoms with Crippen LogP contribution in [0.4, 0.5) is 0 Å². The molecule has 2 unspecified atom stereocenters. The summed E-state index contributed by atoms with van der Waals surface area (Å²) in [6, 6.07) is 0. The molecule has 0 bridgehead atoms. The van der Waals surface area contributed by atoms with Gasteiger partial charge in [0.2, 0.25) is 0 Å². The summed E-state index contributed by atoms with van der Waals surface area (Å²) in [5.74, 6) is 0.907. The first kappa shape index (κ1) is 16.0. The van der Waals surface area contributed by atoms with Crippen LogP contribution in [0.3, 0.4) is 0 Å².